The predicted octanol–water partition coefficient (Wildman–Crippen LogP) is 2.18. The molecule has 0 bridgehead atoms. The van der Waals surface area contributed by atoms with Crippen LogP contribution >= 0.6 is 11.6 Å². The Labute approximate surface area is 200 Å². The maximum Gasteiger partial charge on any atom is 0.328 e. The minimum absolute atomic E-state index is 0.0479. The molecule has 1 fully saturated rings. The van der Waals surface area contributed by atoms with Gasteiger partial charge in [0.15, 0.2) is 0 Å². The van der Waals surface area contributed by atoms with E-state index < -0.39 is 5.69 Å². The van der Waals surface area contributed by atoms with Crippen molar-refractivity contribution in [2.45, 2.75) is 39.0 Å². The predicted molar refractivity (Wildman–Crippen MR) is 130 cm³/mol. The van der Waals surface area contributed by atoms with Gasteiger partial charge >= 0.3 is 5.69 Å². The first kappa shape index (κ1) is 22.5. The van der Waals surface area contributed by atoms with E-state index in [4.69, 9.17) is 16.3 Å². The lowest BCUT2D eigenvalue weighted by Gasteiger charge is -2.29. The molecular formula is C24H25ClN6O3. The zero-order valence-electron chi connectivity index (χ0n) is 18.9. The number of aromatic amines is 1. The fourth-order valence-corrected chi connectivity index (χ4v) is 4.68. The fourth-order valence-electron chi connectivity index (χ4n) is 4.41. The van der Waals surface area contributed by atoms with Gasteiger partial charge in [0.25, 0.3) is 5.56 Å². The molecule has 2 atom stereocenters. The van der Waals surface area contributed by atoms with Crippen molar-refractivity contribution in [3.05, 3.63) is 85.5 Å². The Bertz CT molecular complexity index is 1440. The van der Waals surface area contributed by atoms with Gasteiger partial charge in [-0.25, -0.2) is 14.3 Å². The molecule has 1 aliphatic rings. The molecule has 0 radical (unpaired) electrons. The monoisotopic (exact) mass is 480 g/mol. The van der Waals surface area contributed by atoms with E-state index in [1.165, 1.54) is 18.6 Å². The number of benzene rings is 1. The zero-order chi connectivity index (χ0) is 23.8. The molecule has 5 rings (SSSR count). The standard InChI is InChI=1S/C24H25ClN6O3/c1-14-5-17(25)7-20(19(14)8-18-9-27-15(2)12-34-18)23-21-6-16(11-31(21)29-13-28-23)10-30-22(32)3-4-26-24(30)33/h3-7,11,13,15,18,27H,8-10,12H2,1-2H3,(H,26,33). The Morgan fingerprint density at radius 1 is 1.26 bits per heavy atom. The van der Waals surface area contributed by atoms with Crippen LogP contribution in [0.1, 0.15) is 23.6 Å². The molecule has 2 unspecified atom stereocenters. The molecule has 9 nitrogen and oxygen atoms in total. The Balaban J connectivity index is 1.57. The van der Waals surface area contributed by atoms with E-state index in [2.05, 4.69) is 27.3 Å². The van der Waals surface area contributed by atoms with Crippen LogP contribution < -0.4 is 16.6 Å². The number of halogens is 1. The van der Waals surface area contributed by atoms with Crippen LogP contribution in [0.5, 0.6) is 0 Å². The number of nitrogens with one attached hydrogen (secondary N) is 2. The molecule has 10 heteroatoms. The highest BCUT2D eigenvalue weighted by molar-refractivity contribution is 6.31. The van der Waals surface area contributed by atoms with E-state index in [1.54, 1.807) is 10.7 Å². The molecule has 0 spiro atoms. The molecule has 1 aliphatic heterocycles. The number of rotatable bonds is 5. The molecule has 0 saturated carbocycles. The van der Waals surface area contributed by atoms with Gasteiger partial charge in [0.2, 0.25) is 0 Å². The SMILES string of the molecule is Cc1cc(Cl)cc(-c2ncnn3cc(Cn4c(=O)cc[nH]c4=O)cc23)c1CC1CNC(C)CO1. The van der Waals surface area contributed by atoms with E-state index in [0.29, 0.717) is 17.7 Å². The Kier molecular flexibility index (Phi) is 6.07. The largest absolute Gasteiger partial charge is 0.375 e. The summed E-state index contributed by atoms with van der Waals surface area (Å²) in [5, 5.41) is 8.43. The molecule has 0 amide bonds. The highest BCUT2D eigenvalue weighted by atomic mass is 35.5. The summed E-state index contributed by atoms with van der Waals surface area (Å²) in [6.07, 6.45) is 5.40. The third-order valence-corrected chi connectivity index (χ3v) is 6.37. The summed E-state index contributed by atoms with van der Waals surface area (Å²) in [5.74, 6) is 0. The number of aromatic nitrogens is 5. The number of morpholine rings is 1. The van der Waals surface area contributed by atoms with Gasteiger partial charge in [-0.2, -0.15) is 5.10 Å². The van der Waals surface area contributed by atoms with Gasteiger partial charge < -0.3 is 15.0 Å². The molecule has 1 aromatic carbocycles. The summed E-state index contributed by atoms with van der Waals surface area (Å²) >= 11 is 6.46. The van der Waals surface area contributed by atoms with Crippen LogP contribution in [0.15, 0.2) is 52.6 Å². The second kappa shape index (κ2) is 9.17. The molecule has 176 valence electrons. The van der Waals surface area contributed by atoms with Gasteiger partial charge in [0.1, 0.15) is 6.33 Å². The van der Waals surface area contributed by atoms with Gasteiger partial charge in [-0.15, -0.1) is 0 Å². The zero-order valence-corrected chi connectivity index (χ0v) is 19.7. The first-order valence-electron chi connectivity index (χ1n) is 11.1. The molecule has 3 aromatic heterocycles. The second-order valence-electron chi connectivity index (χ2n) is 8.71. The van der Waals surface area contributed by atoms with Crippen LogP contribution in [0.3, 0.4) is 0 Å². The summed E-state index contributed by atoms with van der Waals surface area (Å²) in [4.78, 5) is 31.4. The third kappa shape index (κ3) is 4.42. The van der Waals surface area contributed by atoms with Gasteiger partial charge in [0, 0.05) is 48.1 Å². The van der Waals surface area contributed by atoms with Crippen molar-refractivity contribution in [1.82, 2.24) is 29.5 Å². The number of H-pyrrole nitrogens is 1. The van der Waals surface area contributed by atoms with E-state index in [9.17, 15) is 9.59 Å². The second-order valence-corrected chi connectivity index (χ2v) is 9.15. The molecule has 1 saturated heterocycles. The quantitative estimate of drug-likeness (QED) is 0.453. The first-order valence-corrected chi connectivity index (χ1v) is 11.5. The van der Waals surface area contributed by atoms with Crippen molar-refractivity contribution >= 4 is 17.1 Å². The van der Waals surface area contributed by atoms with Crippen molar-refractivity contribution in [1.29, 1.82) is 0 Å². The minimum Gasteiger partial charge on any atom is -0.375 e. The summed E-state index contributed by atoms with van der Waals surface area (Å²) in [6.45, 7) is 5.72. The Morgan fingerprint density at radius 3 is 2.88 bits per heavy atom. The van der Waals surface area contributed by atoms with Crippen LogP contribution in [-0.2, 0) is 17.7 Å². The number of hydrogen-bond donors (Lipinski definition) is 2. The smallest absolute Gasteiger partial charge is 0.328 e. The number of ether oxygens (including phenoxy) is 1. The molecular weight excluding hydrogens is 456 g/mol. The van der Waals surface area contributed by atoms with Crippen LogP contribution in [0.2, 0.25) is 5.02 Å². The lowest BCUT2D eigenvalue weighted by molar-refractivity contribution is 0.00880. The van der Waals surface area contributed by atoms with E-state index in [-0.39, 0.29) is 18.2 Å². The van der Waals surface area contributed by atoms with E-state index >= 15 is 0 Å². The number of hydrogen-bond acceptors (Lipinski definition) is 6. The van der Waals surface area contributed by atoms with Crippen molar-refractivity contribution in [2.24, 2.45) is 0 Å². The highest BCUT2D eigenvalue weighted by Gasteiger charge is 2.22. The fraction of sp³-hybridized carbons (Fsp3) is 0.333. The average molecular weight is 481 g/mol. The van der Waals surface area contributed by atoms with Crippen molar-refractivity contribution in [2.75, 3.05) is 13.2 Å². The van der Waals surface area contributed by atoms with Crippen LogP contribution in [0, 0.1) is 6.92 Å². The Morgan fingerprint density at radius 2 is 2.12 bits per heavy atom. The Hall–Kier alpha value is -3.27. The van der Waals surface area contributed by atoms with Crippen LogP contribution in [-0.4, -0.2) is 49.4 Å². The average Bonchev–Trinajstić information content (AvgIpc) is 3.22. The molecule has 4 heterocycles. The van der Waals surface area contributed by atoms with E-state index in [0.717, 1.165) is 51.0 Å². The lowest BCUT2D eigenvalue weighted by Crippen LogP contribution is -2.45. The molecule has 4 aromatic rings. The normalized spacial score (nSPS) is 18.4. The van der Waals surface area contributed by atoms with Gasteiger partial charge in [-0.3, -0.25) is 9.36 Å². The highest BCUT2D eigenvalue weighted by Crippen LogP contribution is 2.33. The van der Waals surface area contributed by atoms with Crippen LogP contribution in [0.4, 0.5) is 0 Å². The van der Waals surface area contributed by atoms with E-state index in [1.807, 2.05) is 25.1 Å². The number of nitrogens with zero attached hydrogens (tertiary/aromatic N) is 4. The van der Waals surface area contributed by atoms with Gasteiger partial charge in [-0.05, 0) is 48.7 Å². The number of fused-ring (bicyclic) bond motifs is 1. The first-order chi connectivity index (χ1) is 16.4. The topological polar surface area (TPSA) is 106 Å². The molecule has 0 aliphatic carbocycles. The summed E-state index contributed by atoms with van der Waals surface area (Å²) in [5.41, 5.74) is 4.52. The van der Waals surface area contributed by atoms with Gasteiger partial charge in [0.05, 0.1) is 30.5 Å². The van der Waals surface area contributed by atoms with Crippen molar-refractivity contribution in [3.8, 4) is 11.3 Å². The minimum atomic E-state index is -0.461. The molecule has 2 N–H and O–H groups in total. The van der Waals surface area contributed by atoms with Crippen LogP contribution in [0.25, 0.3) is 16.8 Å². The maximum absolute atomic E-state index is 12.2. The lowest BCUT2D eigenvalue weighted by atomic mass is 9.93. The van der Waals surface area contributed by atoms with Gasteiger partial charge in [-0.1, -0.05) is 11.6 Å². The maximum atomic E-state index is 12.2. The molecule has 34 heavy (non-hydrogen) atoms. The summed E-state index contributed by atoms with van der Waals surface area (Å²) in [7, 11) is 0. The summed E-state index contributed by atoms with van der Waals surface area (Å²) in [6, 6.07) is 7.44. The summed E-state index contributed by atoms with van der Waals surface area (Å²) < 4.78 is 8.90. The van der Waals surface area contributed by atoms with Crippen molar-refractivity contribution in [3.63, 3.8) is 0 Å². The van der Waals surface area contributed by atoms with Crippen molar-refractivity contribution < 1.29 is 4.74 Å². The third-order valence-electron chi connectivity index (χ3n) is 6.15. The number of aryl methyl sites for hydroxylation is 1.